The summed E-state index contributed by atoms with van der Waals surface area (Å²) in [6, 6.07) is 10.7. The summed E-state index contributed by atoms with van der Waals surface area (Å²) in [6.07, 6.45) is 3.46. The van der Waals surface area contributed by atoms with E-state index in [-0.39, 0.29) is 23.5 Å². The first-order valence-corrected chi connectivity index (χ1v) is 10.3. The van der Waals surface area contributed by atoms with E-state index in [4.69, 9.17) is 9.84 Å². The highest BCUT2D eigenvalue weighted by Gasteiger charge is 2.24. The molecule has 1 aliphatic carbocycles. The fourth-order valence-corrected chi connectivity index (χ4v) is 3.26. The molecule has 2 aromatic carbocycles. The second-order valence-corrected chi connectivity index (χ2v) is 7.69. The van der Waals surface area contributed by atoms with E-state index in [1.807, 2.05) is 0 Å². The van der Waals surface area contributed by atoms with E-state index >= 15 is 0 Å². The Kier molecular flexibility index (Phi) is 6.60. The number of pyridine rings is 1. The molecule has 3 aromatic rings. The van der Waals surface area contributed by atoms with Crippen LogP contribution in [-0.4, -0.2) is 28.5 Å². The Balaban J connectivity index is 1.40. The monoisotopic (exact) mass is 453 g/mol. The third-order valence-corrected chi connectivity index (χ3v) is 5.05. The highest BCUT2D eigenvalue weighted by atomic mass is 19.1. The molecule has 2 amide bonds. The number of carbonyl (C=O) groups is 2. The van der Waals surface area contributed by atoms with Gasteiger partial charge in [0.1, 0.15) is 29.7 Å². The van der Waals surface area contributed by atoms with Gasteiger partial charge in [-0.2, -0.15) is 0 Å². The molecule has 170 valence electrons. The number of Topliss-reactive ketones (excluding diaryl/α,β-unsaturated/α-hetero) is 1. The summed E-state index contributed by atoms with van der Waals surface area (Å²) in [5.41, 5.74) is 1.28. The van der Waals surface area contributed by atoms with Crippen LogP contribution in [-0.2, 0) is 11.2 Å². The van der Waals surface area contributed by atoms with Crippen LogP contribution >= 0.6 is 0 Å². The van der Waals surface area contributed by atoms with Crippen LogP contribution in [0.25, 0.3) is 0 Å². The van der Waals surface area contributed by atoms with Gasteiger partial charge in [-0.05, 0) is 54.7 Å². The Hall–Kier alpha value is -3.85. The van der Waals surface area contributed by atoms with E-state index < -0.39 is 30.1 Å². The molecule has 1 aliphatic rings. The SMILES string of the molecule is O=C(CO)Cc1cc(Oc2ccc(NC(=O)Nc3cc(C4CC4)ccc3F)c(F)c2)ccn1. The van der Waals surface area contributed by atoms with Gasteiger partial charge in [0.2, 0.25) is 0 Å². The van der Waals surface area contributed by atoms with E-state index in [1.165, 1.54) is 36.5 Å². The molecule has 1 saturated carbocycles. The molecule has 0 unspecified atom stereocenters. The Labute approximate surface area is 188 Å². The zero-order chi connectivity index (χ0) is 23.4. The first-order valence-electron chi connectivity index (χ1n) is 10.3. The third kappa shape index (κ3) is 5.89. The number of rotatable bonds is 8. The zero-order valence-corrected chi connectivity index (χ0v) is 17.5. The number of amides is 2. The number of aliphatic hydroxyl groups is 1. The average Bonchev–Trinajstić information content (AvgIpc) is 3.63. The molecule has 0 saturated heterocycles. The van der Waals surface area contributed by atoms with Gasteiger partial charge in [-0.3, -0.25) is 9.78 Å². The second kappa shape index (κ2) is 9.74. The number of anilines is 2. The van der Waals surface area contributed by atoms with Crippen molar-refractivity contribution >= 4 is 23.2 Å². The van der Waals surface area contributed by atoms with Gasteiger partial charge in [0.15, 0.2) is 5.78 Å². The number of hydrogen-bond acceptors (Lipinski definition) is 5. The van der Waals surface area contributed by atoms with Crippen molar-refractivity contribution in [2.45, 2.75) is 25.2 Å². The van der Waals surface area contributed by atoms with Crippen molar-refractivity contribution in [3.05, 3.63) is 77.6 Å². The predicted octanol–water partition coefficient (Wildman–Crippen LogP) is 4.78. The maximum atomic E-state index is 14.5. The van der Waals surface area contributed by atoms with Crippen LogP contribution in [0.2, 0.25) is 0 Å². The smallest absolute Gasteiger partial charge is 0.323 e. The summed E-state index contributed by atoms with van der Waals surface area (Å²) < 4.78 is 34.2. The Bertz CT molecular complexity index is 1200. The van der Waals surface area contributed by atoms with Crippen molar-refractivity contribution in [2.24, 2.45) is 0 Å². The number of benzene rings is 2. The maximum absolute atomic E-state index is 14.5. The second-order valence-electron chi connectivity index (χ2n) is 7.69. The van der Waals surface area contributed by atoms with Crippen molar-refractivity contribution in [2.75, 3.05) is 17.2 Å². The van der Waals surface area contributed by atoms with Crippen LogP contribution in [0, 0.1) is 11.6 Å². The number of ketones is 1. The molecule has 0 radical (unpaired) electrons. The van der Waals surface area contributed by atoms with E-state index in [0.717, 1.165) is 24.5 Å². The number of aromatic nitrogens is 1. The summed E-state index contributed by atoms with van der Waals surface area (Å²) in [7, 11) is 0. The number of aliphatic hydroxyl groups excluding tert-OH is 1. The number of nitrogens with zero attached hydrogens (tertiary/aromatic N) is 1. The van der Waals surface area contributed by atoms with Gasteiger partial charge in [-0.1, -0.05) is 6.07 Å². The lowest BCUT2D eigenvalue weighted by molar-refractivity contribution is -0.121. The molecule has 7 nitrogen and oxygen atoms in total. The number of halogens is 2. The largest absolute Gasteiger partial charge is 0.457 e. The summed E-state index contributed by atoms with van der Waals surface area (Å²) in [6.45, 7) is -0.585. The number of carbonyl (C=O) groups excluding carboxylic acids is 2. The van der Waals surface area contributed by atoms with Crippen LogP contribution < -0.4 is 15.4 Å². The summed E-state index contributed by atoms with van der Waals surface area (Å²) >= 11 is 0. The van der Waals surface area contributed by atoms with Gasteiger partial charge in [0, 0.05) is 18.3 Å². The molecular formula is C24H21F2N3O4. The van der Waals surface area contributed by atoms with E-state index in [9.17, 15) is 18.4 Å². The van der Waals surface area contributed by atoms with Gasteiger partial charge in [-0.15, -0.1) is 0 Å². The molecular weight excluding hydrogens is 432 g/mol. The first-order chi connectivity index (χ1) is 15.9. The zero-order valence-electron chi connectivity index (χ0n) is 17.5. The minimum atomic E-state index is -0.776. The van der Waals surface area contributed by atoms with Gasteiger partial charge in [0.25, 0.3) is 0 Å². The van der Waals surface area contributed by atoms with Crippen LogP contribution in [0.3, 0.4) is 0 Å². The van der Waals surface area contributed by atoms with Crippen molar-refractivity contribution in [1.82, 2.24) is 4.98 Å². The van der Waals surface area contributed by atoms with E-state index in [2.05, 4.69) is 15.6 Å². The summed E-state index contributed by atoms with van der Waals surface area (Å²) in [5.74, 6) is -0.831. The minimum absolute atomic E-state index is 0.0328. The molecule has 1 fully saturated rings. The first kappa shape index (κ1) is 22.3. The average molecular weight is 453 g/mol. The summed E-state index contributed by atoms with van der Waals surface area (Å²) in [4.78, 5) is 27.7. The van der Waals surface area contributed by atoms with Crippen LogP contribution in [0.5, 0.6) is 11.5 Å². The lowest BCUT2D eigenvalue weighted by atomic mass is 10.1. The van der Waals surface area contributed by atoms with Crippen molar-refractivity contribution < 1.29 is 28.2 Å². The standard InChI is InChI=1S/C24H21F2N3O4/c25-20-5-3-15(14-1-2-14)9-23(20)29-24(32)28-22-6-4-18(12-21(22)26)33-19-7-8-27-16(11-19)10-17(31)13-30/h3-9,11-12,14,30H,1-2,10,13H2,(H2,28,29,32). The van der Waals surface area contributed by atoms with Gasteiger partial charge in [0.05, 0.1) is 23.5 Å². The van der Waals surface area contributed by atoms with E-state index in [1.54, 1.807) is 12.1 Å². The number of hydrogen-bond donors (Lipinski definition) is 3. The molecule has 0 aliphatic heterocycles. The molecule has 3 N–H and O–H groups in total. The molecule has 0 bridgehead atoms. The number of urea groups is 1. The van der Waals surface area contributed by atoms with Crippen molar-refractivity contribution in [3.8, 4) is 11.5 Å². The lowest BCUT2D eigenvalue weighted by Crippen LogP contribution is -2.21. The number of nitrogens with one attached hydrogen (secondary N) is 2. The van der Waals surface area contributed by atoms with Crippen LogP contribution in [0.4, 0.5) is 25.0 Å². The van der Waals surface area contributed by atoms with Gasteiger partial charge >= 0.3 is 6.03 Å². The maximum Gasteiger partial charge on any atom is 0.323 e. The third-order valence-electron chi connectivity index (χ3n) is 5.05. The molecule has 9 heteroatoms. The van der Waals surface area contributed by atoms with Crippen LogP contribution in [0.15, 0.2) is 54.7 Å². The molecule has 4 rings (SSSR count). The summed E-state index contributed by atoms with van der Waals surface area (Å²) in [5, 5.41) is 13.6. The van der Waals surface area contributed by atoms with Gasteiger partial charge in [-0.25, -0.2) is 13.6 Å². The van der Waals surface area contributed by atoms with Crippen molar-refractivity contribution in [1.29, 1.82) is 0 Å². The predicted molar refractivity (Wildman–Crippen MR) is 118 cm³/mol. The normalized spacial score (nSPS) is 12.8. The topological polar surface area (TPSA) is 101 Å². The highest BCUT2D eigenvalue weighted by molar-refractivity contribution is 6.00. The molecule has 0 atom stereocenters. The Morgan fingerprint density at radius 1 is 0.970 bits per heavy atom. The number of ether oxygens (including phenoxy) is 1. The van der Waals surface area contributed by atoms with Crippen LogP contribution in [0.1, 0.15) is 30.0 Å². The molecule has 1 aromatic heterocycles. The quantitative estimate of drug-likeness (QED) is 0.456. The Morgan fingerprint density at radius 2 is 1.73 bits per heavy atom. The Morgan fingerprint density at radius 3 is 2.45 bits per heavy atom. The fourth-order valence-electron chi connectivity index (χ4n) is 3.26. The molecule has 33 heavy (non-hydrogen) atoms. The molecule has 1 heterocycles. The molecule has 0 spiro atoms. The highest BCUT2D eigenvalue weighted by Crippen LogP contribution is 2.41. The van der Waals surface area contributed by atoms with E-state index in [0.29, 0.717) is 17.4 Å². The van der Waals surface area contributed by atoms with Crippen molar-refractivity contribution in [3.63, 3.8) is 0 Å². The fraction of sp³-hybridized carbons (Fsp3) is 0.208. The van der Waals surface area contributed by atoms with Gasteiger partial charge < -0.3 is 20.5 Å². The lowest BCUT2D eigenvalue weighted by Gasteiger charge is -2.12. The minimum Gasteiger partial charge on any atom is -0.457 e.